The van der Waals surface area contributed by atoms with Crippen molar-refractivity contribution in [3.63, 3.8) is 0 Å². The Labute approximate surface area is 159 Å². The van der Waals surface area contributed by atoms with Crippen LogP contribution in [0.2, 0.25) is 5.02 Å². The molecule has 3 rings (SSSR count). The molecule has 0 unspecified atom stereocenters. The first-order valence-corrected chi connectivity index (χ1v) is 10.00. The Bertz CT molecular complexity index is 1100. The summed E-state index contributed by atoms with van der Waals surface area (Å²) in [6, 6.07) is 17.1. The van der Waals surface area contributed by atoms with E-state index in [0.29, 0.717) is 16.3 Å². The number of rotatable bonds is 4. The highest BCUT2D eigenvalue weighted by molar-refractivity contribution is 7.93. The van der Waals surface area contributed by atoms with Gasteiger partial charge in [-0.3, -0.25) is 4.79 Å². The molecule has 1 N–H and O–H groups in total. The molecule has 0 saturated carbocycles. The molecular weight excluding hydrogens is 392 g/mol. The molecule has 1 aromatic heterocycles. The minimum Gasteiger partial charge on any atom is -0.321 e. The molecule has 0 aliphatic carbocycles. The van der Waals surface area contributed by atoms with Gasteiger partial charge in [0.1, 0.15) is 4.21 Å². The highest BCUT2D eigenvalue weighted by Crippen LogP contribution is 2.29. The van der Waals surface area contributed by atoms with Crippen molar-refractivity contribution in [2.24, 2.45) is 0 Å². The first-order chi connectivity index (χ1) is 12.4. The quantitative estimate of drug-likeness (QED) is 0.702. The molecule has 0 fully saturated rings. The summed E-state index contributed by atoms with van der Waals surface area (Å²) in [4.78, 5) is 12.7. The minimum atomic E-state index is -3.71. The van der Waals surface area contributed by atoms with Gasteiger partial charge in [-0.1, -0.05) is 11.6 Å². The molecular formula is C18H11ClN2O3S2. The lowest BCUT2D eigenvalue weighted by atomic mass is 10.2. The summed E-state index contributed by atoms with van der Waals surface area (Å²) in [7, 11) is -3.71. The van der Waals surface area contributed by atoms with Gasteiger partial charge >= 0.3 is 0 Å². The van der Waals surface area contributed by atoms with Gasteiger partial charge in [0.05, 0.1) is 21.4 Å². The van der Waals surface area contributed by atoms with E-state index in [2.05, 4.69) is 5.32 Å². The van der Waals surface area contributed by atoms with Gasteiger partial charge in [-0.05, 0) is 60.7 Å². The maximum Gasteiger partial charge on any atom is 0.265 e. The maximum absolute atomic E-state index is 12.6. The standard InChI is InChI=1S/C18H11ClN2O3S2/c19-13-3-7-15(8-4-13)26(23,24)17-10-9-16(25-17)18(22)21-14-5-1-12(11-20)2-6-14/h1-10H,(H,21,22). The van der Waals surface area contributed by atoms with E-state index < -0.39 is 15.7 Å². The SMILES string of the molecule is N#Cc1ccc(NC(=O)c2ccc(S(=O)(=O)c3ccc(Cl)cc3)s2)cc1. The molecule has 130 valence electrons. The third-order valence-electron chi connectivity index (χ3n) is 3.47. The fourth-order valence-electron chi connectivity index (χ4n) is 2.14. The van der Waals surface area contributed by atoms with Gasteiger partial charge in [-0.15, -0.1) is 11.3 Å². The molecule has 0 aliphatic rings. The summed E-state index contributed by atoms with van der Waals surface area (Å²) in [5, 5.41) is 11.9. The lowest BCUT2D eigenvalue weighted by Crippen LogP contribution is -2.09. The first kappa shape index (κ1) is 18.1. The largest absolute Gasteiger partial charge is 0.321 e. The van der Waals surface area contributed by atoms with Crippen LogP contribution in [0.4, 0.5) is 5.69 Å². The van der Waals surface area contributed by atoms with Crippen LogP contribution in [-0.2, 0) is 9.84 Å². The molecule has 0 bridgehead atoms. The van der Waals surface area contributed by atoms with Gasteiger partial charge in [-0.25, -0.2) is 8.42 Å². The monoisotopic (exact) mass is 402 g/mol. The number of nitrogens with zero attached hydrogens (tertiary/aromatic N) is 1. The maximum atomic E-state index is 12.6. The van der Waals surface area contributed by atoms with E-state index in [-0.39, 0.29) is 14.0 Å². The van der Waals surface area contributed by atoms with Crippen LogP contribution in [0.25, 0.3) is 0 Å². The summed E-state index contributed by atoms with van der Waals surface area (Å²) in [5.41, 5.74) is 1.000. The van der Waals surface area contributed by atoms with Crippen molar-refractivity contribution in [3.8, 4) is 6.07 Å². The lowest BCUT2D eigenvalue weighted by Gasteiger charge is -2.03. The van der Waals surface area contributed by atoms with Crippen molar-refractivity contribution in [2.45, 2.75) is 9.10 Å². The van der Waals surface area contributed by atoms with Crippen LogP contribution in [0.15, 0.2) is 69.8 Å². The molecule has 1 amide bonds. The predicted molar refractivity (Wildman–Crippen MR) is 100 cm³/mol. The first-order valence-electron chi connectivity index (χ1n) is 7.32. The van der Waals surface area contributed by atoms with E-state index >= 15 is 0 Å². The van der Waals surface area contributed by atoms with Crippen LogP contribution < -0.4 is 5.32 Å². The van der Waals surface area contributed by atoms with Crippen LogP contribution in [0, 0.1) is 11.3 Å². The van der Waals surface area contributed by atoms with Crippen LogP contribution in [0.5, 0.6) is 0 Å². The Morgan fingerprint density at radius 3 is 2.27 bits per heavy atom. The molecule has 0 radical (unpaired) electrons. The van der Waals surface area contributed by atoms with Gasteiger partial charge in [0.15, 0.2) is 0 Å². The lowest BCUT2D eigenvalue weighted by molar-refractivity contribution is 0.103. The fraction of sp³-hybridized carbons (Fsp3) is 0. The second-order valence-electron chi connectivity index (χ2n) is 5.22. The van der Waals surface area contributed by atoms with Gasteiger partial charge in [0.25, 0.3) is 5.91 Å². The van der Waals surface area contributed by atoms with Crippen LogP contribution in [0.1, 0.15) is 15.2 Å². The van der Waals surface area contributed by atoms with E-state index in [1.807, 2.05) is 6.07 Å². The van der Waals surface area contributed by atoms with Gasteiger partial charge < -0.3 is 5.32 Å². The smallest absolute Gasteiger partial charge is 0.265 e. The summed E-state index contributed by atoms with van der Waals surface area (Å²) in [6.45, 7) is 0. The number of hydrogen-bond acceptors (Lipinski definition) is 5. The molecule has 8 heteroatoms. The summed E-state index contributed by atoms with van der Waals surface area (Å²) < 4.78 is 25.3. The Balaban J connectivity index is 1.81. The van der Waals surface area contributed by atoms with Crippen LogP contribution in [0.3, 0.4) is 0 Å². The Morgan fingerprint density at radius 2 is 1.65 bits per heavy atom. The summed E-state index contributed by atoms with van der Waals surface area (Å²) >= 11 is 6.68. The number of anilines is 1. The third-order valence-corrected chi connectivity index (χ3v) is 7.06. The molecule has 0 spiro atoms. The molecule has 5 nitrogen and oxygen atoms in total. The zero-order valence-corrected chi connectivity index (χ0v) is 15.5. The molecule has 2 aromatic carbocycles. The normalized spacial score (nSPS) is 10.9. The second-order valence-corrected chi connectivity index (χ2v) is 8.92. The van der Waals surface area contributed by atoms with E-state index in [9.17, 15) is 13.2 Å². The van der Waals surface area contributed by atoms with E-state index in [1.165, 1.54) is 36.4 Å². The number of amides is 1. The zero-order valence-electron chi connectivity index (χ0n) is 13.1. The number of carbonyl (C=O) groups excluding carboxylic acids is 1. The number of benzene rings is 2. The summed E-state index contributed by atoms with van der Waals surface area (Å²) in [6.07, 6.45) is 0. The molecule has 1 heterocycles. The highest BCUT2D eigenvalue weighted by atomic mass is 35.5. The summed E-state index contributed by atoms with van der Waals surface area (Å²) in [5.74, 6) is -0.419. The predicted octanol–water partition coefficient (Wildman–Crippen LogP) is 4.36. The number of nitriles is 1. The van der Waals surface area contributed by atoms with Crippen molar-refractivity contribution in [1.29, 1.82) is 5.26 Å². The fourth-order valence-corrected chi connectivity index (χ4v) is 4.87. The van der Waals surface area contributed by atoms with E-state index in [0.717, 1.165) is 11.3 Å². The molecule has 3 aromatic rings. The van der Waals surface area contributed by atoms with Gasteiger partial charge in [0, 0.05) is 10.7 Å². The second kappa shape index (κ2) is 7.30. The molecule has 0 saturated heterocycles. The van der Waals surface area contributed by atoms with E-state index in [1.54, 1.807) is 24.3 Å². The average molecular weight is 403 g/mol. The number of thiophene rings is 1. The number of sulfone groups is 1. The number of hydrogen-bond donors (Lipinski definition) is 1. The third kappa shape index (κ3) is 3.78. The van der Waals surface area contributed by atoms with Crippen molar-refractivity contribution < 1.29 is 13.2 Å². The Kier molecular flexibility index (Phi) is 5.09. The van der Waals surface area contributed by atoms with Crippen molar-refractivity contribution in [2.75, 3.05) is 5.32 Å². The number of halogens is 1. The van der Waals surface area contributed by atoms with Crippen molar-refractivity contribution >= 4 is 44.4 Å². The highest BCUT2D eigenvalue weighted by Gasteiger charge is 2.21. The zero-order chi connectivity index (χ0) is 18.7. The van der Waals surface area contributed by atoms with Crippen LogP contribution in [-0.4, -0.2) is 14.3 Å². The molecule has 0 aliphatic heterocycles. The van der Waals surface area contributed by atoms with Crippen molar-refractivity contribution in [3.05, 3.63) is 76.1 Å². The van der Waals surface area contributed by atoms with Gasteiger partial charge in [-0.2, -0.15) is 5.26 Å². The molecule has 0 atom stereocenters. The minimum absolute atomic E-state index is 0.0739. The number of carbonyl (C=O) groups is 1. The topological polar surface area (TPSA) is 87.0 Å². The number of nitrogens with one attached hydrogen (secondary N) is 1. The van der Waals surface area contributed by atoms with E-state index in [4.69, 9.17) is 16.9 Å². The average Bonchev–Trinajstić information content (AvgIpc) is 3.14. The van der Waals surface area contributed by atoms with Gasteiger partial charge in [0.2, 0.25) is 9.84 Å². The Morgan fingerprint density at radius 1 is 1.00 bits per heavy atom. The molecule has 26 heavy (non-hydrogen) atoms. The van der Waals surface area contributed by atoms with Crippen molar-refractivity contribution in [1.82, 2.24) is 0 Å². The Hall–Kier alpha value is -2.66. The van der Waals surface area contributed by atoms with Crippen LogP contribution >= 0.6 is 22.9 Å².